The predicted molar refractivity (Wildman–Crippen MR) is 73.3 cm³/mol. The lowest BCUT2D eigenvalue weighted by Gasteiger charge is -2.29. The summed E-state index contributed by atoms with van der Waals surface area (Å²) in [6.45, 7) is 3.38. The van der Waals surface area contributed by atoms with E-state index >= 15 is 0 Å². The maximum Gasteiger partial charge on any atom is 0.252 e. The van der Waals surface area contributed by atoms with Crippen LogP contribution in [0.2, 0.25) is 0 Å². The Morgan fingerprint density at radius 1 is 1.37 bits per heavy atom. The van der Waals surface area contributed by atoms with E-state index in [-0.39, 0.29) is 30.5 Å². The lowest BCUT2D eigenvalue weighted by molar-refractivity contribution is -0.128. The number of nitrogens with one attached hydrogen (secondary N) is 1. The van der Waals surface area contributed by atoms with Crippen LogP contribution in [0.5, 0.6) is 0 Å². The van der Waals surface area contributed by atoms with Crippen LogP contribution in [0.3, 0.4) is 0 Å². The lowest BCUT2D eigenvalue weighted by atomic mass is 10.0. The number of amides is 2. The molecular weight excluding hydrogens is 315 g/mol. The van der Waals surface area contributed by atoms with E-state index in [1.807, 2.05) is 0 Å². The summed E-state index contributed by atoms with van der Waals surface area (Å²) in [6, 6.07) is 4.51. The molecule has 0 bridgehead atoms. The van der Waals surface area contributed by atoms with Crippen molar-refractivity contribution in [3.8, 4) is 0 Å². The smallest absolute Gasteiger partial charge is 0.252 e. The molecule has 0 atom stereocenters. The first kappa shape index (κ1) is 14.0. The van der Waals surface area contributed by atoms with E-state index in [9.17, 15) is 14.0 Å². The second kappa shape index (κ2) is 4.92. The molecule has 1 aromatic carbocycles. The van der Waals surface area contributed by atoms with Gasteiger partial charge in [0.25, 0.3) is 5.91 Å². The van der Waals surface area contributed by atoms with Gasteiger partial charge in [0, 0.05) is 17.4 Å². The van der Waals surface area contributed by atoms with Crippen molar-refractivity contribution in [1.82, 2.24) is 5.32 Å². The van der Waals surface area contributed by atoms with Gasteiger partial charge in [-0.05, 0) is 41.9 Å². The Hall–Kier alpha value is -1.43. The molecule has 1 aliphatic rings. The molecule has 1 N–H and O–H groups in total. The van der Waals surface area contributed by atoms with Crippen molar-refractivity contribution in [2.45, 2.75) is 25.8 Å². The summed E-state index contributed by atoms with van der Waals surface area (Å²) in [6.07, 6.45) is 0.149. The molecule has 1 heterocycles. The first-order chi connectivity index (χ1) is 8.83. The minimum absolute atomic E-state index is 0.149. The van der Waals surface area contributed by atoms with Gasteiger partial charge in [-0.15, -0.1) is 0 Å². The Labute approximate surface area is 119 Å². The topological polar surface area (TPSA) is 49.4 Å². The average molecular weight is 329 g/mol. The van der Waals surface area contributed by atoms with Gasteiger partial charge in [0.05, 0.1) is 5.69 Å². The predicted octanol–water partition coefficient (Wildman–Crippen LogP) is 2.22. The van der Waals surface area contributed by atoms with E-state index < -0.39 is 11.4 Å². The van der Waals surface area contributed by atoms with Crippen LogP contribution in [0, 0.1) is 5.82 Å². The molecule has 6 heteroatoms. The number of hydrogen-bond acceptors (Lipinski definition) is 2. The monoisotopic (exact) mass is 328 g/mol. The van der Waals surface area contributed by atoms with Gasteiger partial charge < -0.3 is 10.2 Å². The number of nitrogens with zero attached hydrogens (tertiary/aromatic N) is 1. The van der Waals surface area contributed by atoms with Crippen molar-refractivity contribution >= 4 is 33.4 Å². The first-order valence-corrected chi connectivity index (χ1v) is 6.69. The van der Waals surface area contributed by atoms with Gasteiger partial charge in [-0.2, -0.15) is 0 Å². The van der Waals surface area contributed by atoms with Gasteiger partial charge in [-0.25, -0.2) is 4.39 Å². The van der Waals surface area contributed by atoms with Crippen LogP contribution >= 0.6 is 15.9 Å². The zero-order valence-electron chi connectivity index (χ0n) is 10.7. The molecule has 0 radical (unpaired) electrons. The van der Waals surface area contributed by atoms with Crippen LogP contribution in [0.25, 0.3) is 0 Å². The molecule has 0 spiro atoms. The summed E-state index contributed by atoms with van der Waals surface area (Å²) in [5, 5.41) is 2.64. The van der Waals surface area contributed by atoms with E-state index in [0.717, 1.165) is 0 Å². The van der Waals surface area contributed by atoms with E-state index in [1.54, 1.807) is 26.0 Å². The van der Waals surface area contributed by atoms with Gasteiger partial charge in [-0.1, -0.05) is 6.07 Å². The van der Waals surface area contributed by atoms with Gasteiger partial charge >= 0.3 is 0 Å². The van der Waals surface area contributed by atoms with Crippen molar-refractivity contribution in [2.75, 3.05) is 11.4 Å². The minimum atomic E-state index is -1.05. The third-order valence-corrected chi connectivity index (χ3v) is 3.64. The number of para-hydroxylation sites is 1. The van der Waals surface area contributed by atoms with Crippen molar-refractivity contribution in [1.29, 1.82) is 0 Å². The molecule has 1 saturated heterocycles. The Morgan fingerprint density at radius 3 is 2.68 bits per heavy atom. The Balaban J connectivity index is 2.49. The highest BCUT2D eigenvalue weighted by Gasteiger charge is 2.38. The van der Waals surface area contributed by atoms with Gasteiger partial charge in [-0.3, -0.25) is 9.59 Å². The zero-order valence-corrected chi connectivity index (χ0v) is 12.3. The lowest BCUT2D eigenvalue weighted by Crippen LogP contribution is -2.53. The maximum absolute atomic E-state index is 14.0. The second-order valence-electron chi connectivity index (χ2n) is 4.95. The van der Waals surface area contributed by atoms with Crippen molar-refractivity contribution in [3.05, 3.63) is 28.5 Å². The summed E-state index contributed by atoms with van der Waals surface area (Å²) >= 11 is 3.25. The third-order valence-electron chi connectivity index (χ3n) is 3.00. The molecule has 0 aliphatic carbocycles. The molecule has 1 fully saturated rings. The molecule has 102 valence electrons. The van der Waals surface area contributed by atoms with E-state index in [4.69, 9.17) is 0 Å². The first-order valence-electron chi connectivity index (χ1n) is 5.90. The zero-order chi connectivity index (χ0) is 14.2. The highest BCUT2D eigenvalue weighted by atomic mass is 79.9. The largest absolute Gasteiger partial charge is 0.342 e. The molecule has 2 rings (SSSR count). The molecule has 1 aromatic rings. The third kappa shape index (κ3) is 2.63. The highest BCUT2D eigenvalue weighted by molar-refractivity contribution is 9.10. The summed E-state index contributed by atoms with van der Waals surface area (Å²) in [7, 11) is 0. The SMILES string of the molecule is CC1(C)NC(=O)CCN(c2c(F)cccc2Br)C1=O. The summed E-state index contributed by atoms with van der Waals surface area (Å²) in [5.41, 5.74) is -0.868. The molecule has 19 heavy (non-hydrogen) atoms. The number of halogens is 2. The van der Waals surface area contributed by atoms with Gasteiger partial charge in [0.1, 0.15) is 11.4 Å². The van der Waals surface area contributed by atoms with Crippen molar-refractivity contribution < 1.29 is 14.0 Å². The van der Waals surface area contributed by atoms with Crippen LogP contribution in [0.4, 0.5) is 10.1 Å². The molecular formula is C13H14BrFN2O2. The van der Waals surface area contributed by atoms with E-state index in [2.05, 4.69) is 21.2 Å². The Bertz CT molecular complexity index is 525. The van der Waals surface area contributed by atoms with Crippen molar-refractivity contribution in [2.24, 2.45) is 0 Å². The number of anilines is 1. The van der Waals surface area contributed by atoms with E-state index in [0.29, 0.717) is 4.47 Å². The molecule has 0 unspecified atom stereocenters. The summed E-state index contributed by atoms with van der Waals surface area (Å²) < 4.78 is 14.5. The van der Waals surface area contributed by atoms with Crippen LogP contribution < -0.4 is 10.2 Å². The molecule has 0 aromatic heterocycles. The van der Waals surface area contributed by atoms with Crippen LogP contribution in [0.1, 0.15) is 20.3 Å². The number of rotatable bonds is 1. The normalized spacial score (nSPS) is 19.1. The van der Waals surface area contributed by atoms with Crippen molar-refractivity contribution in [3.63, 3.8) is 0 Å². The standard InChI is InChI=1S/C13H14BrFN2O2/c1-13(2)12(19)17(7-6-10(18)16-13)11-8(14)4-3-5-9(11)15/h3-5H,6-7H2,1-2H3,(H,16,18). The fourth-order valence-electron chi connectivity index (χ4n) is 2.08. The van der Waals surface area contributed by atoms with Crippen LogP contribution in [-0.2, 0) is 9.59 Å². The molecule has 2 amide bonds. The maximum atomic E-state index is 14.0. The highest BCUT2D eigenvalue weighted by Crippen LogP contribution is 2.31. The summed E-state index contributed by atoms with van der Waals surface area (Å²) in [4.78, 5) is 25.4. The number of carbonyl (C=O) groups excluding carboxylic acids is 2. The number of benzene rings is 1. The Kier molecular flexibility index (Phi) is 3.62. The second-order valence-corrected chi connectivity index (χ2v) is 5.80. The fraction of sp³-hybridized carbons (Fsp3) is 0.385. The summed E-state index contributed by atoms with van der Waals surface area (Å²) in [5.74, 6) is -1.04. The number of hydrogen-bond donors (Lipinski definition) is 1. The Morgan fingerprint density at radius 2 is 2.05 bits per heavy atom. The van der Waals surface area contributed by atoms with E-state index in [1.165, 1.54) is 11.0 Å². The van der Waals surface area contributed by atoms with Crippen LogP contribution in [-0.4, -0.2) is 23.9 Å². The minimum Gasteiger partial charge on any atom is -0.342 e. The average Bonchev–Trinajstić information content (AvgIpc) is 2.39. The molecule has 4 nitrogen and oxygen atoms in total. The van der Waals surface area contributed by atoms with Gasteiger partial charge in [0.2, 0.25) is 5.91 Å². The quantitative estimate of drug-likeness (QED) is 0.859. The van der Waals surface area contributed by atoms with Crippen LogP contribution in [0.15, 0.2) is 22.7 Å². The fourth-order valence-corrected chi connectivity index (χ4v) is 2.63. The number of carbonyl (C=O) groups is 2. The van der Waals surface area contributed by atoms with Gasteiger partial charge in [0.15, 0.2) is 0 Å². The molecule has 0 saturated carbocycles. The molecule has 1 aliphatic heterocycles.